The van der Waals surface area contributed by atoms with Gasteiger partial charge in [0.1, 0.15) is 5.75 Å². The van der Waals surface area contributed by atoms with Gasteiger partial charge in [0, 0.05) is 12.3 Å². The summed E-state index contributed by atoms with van der Waals surface area (Å²) in [6.07, 6.45) is 2.24. The highest BCUT2D eigenvalue weighted by Crippen LogP contribution is 2.22. The molecule has 0 saturated heterocycles. The number of benzene rings is 1. The highest BCUT2D eigenvalue weighted by molar-refractivity contribution is 7.80. The third kappa shape index (κ3) is 6.53. The van der Waals surface area contributed by atoms with E-state index in [-0.39, 0.29) is 12.4 Å². The lowest BCUT2D eigenvalue weighted by Gasteiger charge is -2.11. The van der Waals surface area contributed by atoms with Crippen LogP contribution in [-0.4, -0.2) is 25.4 Å². The predicted octanol–water partition coefficient (Wildman–Crippen LogP) is 3.40. The molecule has 0 atom stereocenters. The lowest BCUT2D eigenvalue weighted by atomic mass is 10.1. The van der Waals surface area contributed by atoms with Gasteiger partial charge in [-0.25, -0.2) is 0 Å². The minimum absolute atomic E-state index is 0. The molecule has 0 heterocycles. The number of nitrogens with one attached hydrogen (secondary N) is 1. The number of aryl methyl sites for hydroxylation is 2. The molecule has 1 aromatic rings. The molecule has 0 aromatic heterocycles. The van der Waals surface area contributed by atoms with Crippen molar-refractivity contribution in [3.05, 3.63) is 29.3 Å². The van der Waals surface area contributed by atoms with Crippen LogP contribution in [-0.2, 0) is 0 Å². The summed E-state index contributed by atoms with van der Waals surface area (Å²) in [7, 11) is 0. The molecule has 18 heavy (non-hydrogen) atoms. The molecule has 0 radical (unpaired) electrons. The number of unbranched alkanes of at least 4 members (excludes halogenated alkanes) is 1. The Bertz CT molecular complexity index is 313. The van der Waals surface area contributed by atoms with Gasteiger partial charge in [-0.2, -0.15) is 12.6 Å². The number of hydrogen-bond donors (Lipinski definition) is 2. The average Bonchev–Trinajstić information content (AvgIpc) is 2.31. The van der Waals surface area contributed by atoms with Crippen LogP contribution in [0.5, 0.6) is 5.75 Å². The van der Waals surface area contributed by atoms with E-state index in [9.17, 15) is 0 Å². The average molecular weight is 290 g/mol. The Morgan fingerprint density at radius 2 is 1.78 bits per heavy atom. The molecular weight excluding hydrogens is 266 g/mol. The molecular formula is C14H24ClNOS. The SMILES string of the molecule is Cc1cccc(C)c1OCCCCNCCS.Cl. The maximum atomic E-state index is 5.83. The van der Waals surface area contributed by atoms with Crippen molar-refractivity contribution in [1.82, 2.24) is 5.32 Å². The maximum Gasteiger partial charge on any atom is 0.125 e. The Kier molecular flexibility index (Phi) is 10.3. The molecule has 0 aliphatic carbocycles. The second-order valence-electron chi connectivity index (χ2n) is 4.25. The second kappa shape index (κ2) is 10.5. The van der Waals surface area contributed by atoms with Crippen LogP contribution in [0.3, 0.4) is 0 Å². The smallest absolute Gasteiger partial charge is 0.125 e. The zero-order chi connectivity index (χ0) is 12.5. The van der Waals surface area contributed by atoms with Gasteiger partial charge in [-0.1, -0.05) is 18.2 Å². The van der Waals surface area contributed by atoms with Crippen molar-refractivity contribution in [2.75, 3.05) is 25.4 Å². The fraction of sp³-hybridized carbons (Fsp3) is 0.571. The number of hydrogen-bond acceptors (Lipinski definition) is 3. The van der Waals surface area contributed by atoms with E-state index in [1.165, 1.54) is 11.1 Å². The quantitative estimate of drug-likeness (QED) is 0.565. The Morgan fingerprint density at radius 3 is 2.39 bits per heavy atom. The minimum Gasteiger partial charge on any atom is -0.493 e. The summed E-state index contributed by atoms with van der Waals surface area (Å²) in [6.45, 7) is 7.03. The molecule has 0 fully saturated rings. The fourth-order valence-electron chi connectivity index (χ4n) is 1.76. The van der Waals surface area contributed by atoms with Crippen molar-refractivity contribution < 1.29 is 4.74 Å². The summed E-state index contributed by atoms with van der Waals surface area (Å²) in [5.74, 6) is 1.95. The van der Waals surface area contributed by atoms with Gasteiger partial charge in [0.15, 0.2) is 0 Å². The van der Waals surface area contributed by atoms with Crippen LogP contribution in [0.25, 0.3) is 0 Å². The Hall–Kier alpha value is -0.380. The molecule has 1 N–H and O–H groups in total. The number of rotatable bonds is 8. The molecule has 2 nitrogen and oxygen atoms in total. The maximum absolute atomic E-state index is 5.83. The second-order valence-corrected chi connectivity index (χ2v) is 4.70. The van der Waals surface area contributed by atoms with E-state index < -0.39 is 0 Å². The van der Waals surface area contributed by atoms with Crippen LogP contribution in [0, 0.1) is 13.8 Å². The fourth-order valence-corrected chi connectivity index (χ4v) is 1.92. The van der Waals surface area contributed by atoms with Crippen LogP contribution in [0.1, 0.15) is 24.0 Å². The van der Waals surface area contributed by atoms with Crippen LogP contribution >= 0.6 is 25.0 Å². The van der Waals surface area contributed by atoms with Crippen molar-refractivity contribution in [3.63, 3.8) is 0 Å². The van der Waals surface area contributed by atoms with E-state index >= 15 is 0 Å². The molecule has 0 spiro atoms. The van der Waals surface area contributed by atoms with Gasteiger partial charge in [-0.05, 0) is 44.4 Å². The number of thiol groups is 1. The summed E-state index contributed by atoms with van der Waals surface area (Å²) < 4.78 is 5.83. The normalized spacial score (nSPS) is 9.94. The number of ether oxygens (including phenoxy) is 1. The molecule has 0 aliphatic rings. The topological polar surface area (TPSA) is 21.3 Å². The Labute approximate surface area is 122 Å². The lowest BCUT2D eigenvalue weighted by Crippen LogP contribution is -2.18. The third-order valence-electron chi connectivity index (χ3n) is 2.69. The van der Waals surface area contributed by atoms with Crippen LogP contribution < -0.4 is 10.1 Å². The van der Waals surface area contributed by atoms with Crippen molar-refractivity contribution in [1.29, 1.82) is 0 Å². The van der Waals surface area contributed by atoms with Crippen molar-refractivity contribution in [2.45, 2.75) is 26.7 Å². The first-order valence-corrected chi connectivity index (χ1v) is 6.89. The Morgan fingerprint density at radius 1 is 1.11 bits per heavy atom. The van der Waals surface area contributed by atoms with Gasteiger partial charge < -0.3 is 10.1 Å². The van der Waals surface area contributed by atoms with Gasteiger partial charge in [-0.15, -0.1) is 12.4 Å². The van der Waals surface area contributed by atoms with Gasteiger partial charge in [0.05, 0.1) is 6.61 Å². The number of halogens is 1. The van der Waals surface area contributed by atoms with Gasteiger partial charge in [-0.3, -0.25) is 0 Å². The standard InChI is InChI=1S/C14H23NOS.ClH/c1-12-6-5-7-13(2)14(12)16-10-4-3-8-15-9-11-17;/h5-7,15,17H,3-4,8-11H2,1-2H3;1H. The zero-order valence-corrected chi connectivity index (χ0v) is 12.9. The van der Waals surface area contributed by atoms with E-state index in [1.807, 2.05) is 0 Å². The monoisotopic (exact) mass is 289 g/mol. The van der Waals surface area contributed by atoms with Crippen molar-refractivity contribution in [2.24, 2.45) is 0 Å². The van der Waals surface area contributed by atoms with E-state index in [1.54, 1.807) is 0 Å². The molecule has 0 saturated carbocycles. The van der Waals surface area contributed by atoms with Crippen LogP contribution in [0.4, 0.5) is 0 Å². The summed E-state index contributed by atoms with van der Waals surface area (Å²) in [6, 6.07) is 6.26. The molecule has 104 valence electrons. The Balaban J connectivity index is 0.00000289. The largest absolute Gasteiger partial charge is 0.493 e. The molecule has 0 aliphatic heterocycles. The summed E-state index contributed by atoms with van der Waals surface area (Å²) in [5, 5.41) is 3.32. The molecule has 0 amide bonds. The van der Waals surface area contributed by atoms with Gasteiger partial charge >= 0.3 is 0 Å². The summed E-state index contributed by atoms with van der Waals surface area (Å²) in [4.78, 5) is 0. The van der Waals surface area contributed by atoms with E-state index in [2.05, 4.69) is 50.0 Å². The first-order valence-electron chi connectivity index (χ1n) is 6.26. The lowest BCUT2D eigenvalue weighted by molar-refractivity contribution is 0.302. The van der Waals surface area contributed by atoms with Gasteiger partial charge in [0.25, 0.3) is 0 Å². The van der Waals surface area contributed by atoms with Crippen LogP contribution in [0.2, 0.25) is 0 Å². The van der Waals surface area contributed by atoms with E-state index in [0.717, 1.165) is 44.0 Å². The van der Waals surface area contributed by atoms with Gasteiger partial charge in [0.2, 0.25) is 0 Å². The first kappa shape index (κ1) is 17.6. The predicted molar refractivity (Wildman–Crippen MR) is 84.6 cm³/mol. The molecule has 0 bridgehead atoms. The van der Waals surface area contributed by atoms with Crippen molar-refractivity contribution >= 4 is 25.0 Å². The number of para-hydroxylation sites is 1. The first-order chi connectivity index (χ1) is 8.25. The van der Waals surface area contributed by atoms with E-state index in [0.29, 0.717) is 0 Å². The summed E-state index contributed by atoms with van der Waals surface area (Å²) >= 11 is 4.15. The minimum atomic E-state index is 0. The highest BCUT2D eigenvalue weighted by Gasteiger charge is 2.02. The van der Waals surface area contributed by atoms with E-state index in [4.69, 9.17) is 4.74 Å². The molecule has 1 aromatic carbocycles. The molecule has 0 unspecified atom stereocenters. The third-order valence-corrected chi connectivity index (χ3v) is 2.92. The molecule has 4 heteroatoms. The zero-order valence-electron chi connectivity index (χ0n) is 11.2. The van der Waals surface area contributed by atoms with Crippen molar-refractivity contribution in [3.8, 4) is 5.75 Å². The highest BCUT2D eigenvalue weighted by atomic mass is 35.5. The van der Waals surface area contributed by atoms with Crippen LogP contribution in [0.15, 0.2) is 18.2 Å². The molecule has 1 rings (SSSR count). The summed E-state index contributed by atoms with van der Waals surface area (Å²) in [5.41, 5.74) is 2.44.